The van der Waals surface area contributed by atoms with Gasteiger partial charge in [0.1, 0.15) is 11.9 Å². The standard InChI is InChI=1S/C9H8ClNO3/c10-6-1-5(2-7(12)3-6)9(14)8(13)4-11/h1-3,8-9,12-14H. The minimum Gasteiger partial charge on any atom is -0.508 e. The van der Waals surface area contributed by atoms with Crippen LogP contribution in [0.2, 0.25) is 5.02 Å². The van der Waals surface area contributed by atoms with Gasteiger partial charge in [0.05, 0.1) is 6.07 Å². The van der Waals surface area contributed by atoms with Crippen LogP contribution < -0.4 is 0 Å². The predicted molar refractivity (Wildman–Crippen MR) is 49.7 cm³/mol. The largest absolute Gasteiger partial charge is 0.508 e. The van der Waals surface area contributed by atoms with E-state index in [1.54, 1.807) is 0 Å². The van der Waals surface area contributed by atoms with Gasteiger partial charge < -0.3 is 15.3 Å². The predicted octanol–water partition coefficient (Wildman–Crippen LogP) is 0.963. The number of phenols is 1. The molecule has 0 radical (unpaired) electrons. The third-order valence-electron chi connectivity index (χ3n) is 1.68. The molecule has 74 valence electrons. The number of halogens is 1. The van der Waals surface area contributed by atoms with Crippen molar-refractivity contribution in [3.8, 4) is 11.8 Å². The van der Waals surface area contributed by atoms with E-state index in [-0.39, 0.29) is 16.3 Å². The Balaban J connectivity index is 3.02. The molecule has 1 aromatic carbocycles. The molecule has 1 aromatic rings. The van der Waals surface area contributed by atoms with Gasteiger partial charge >= 0.3 is 0 Å². The second-order valence-corrected chi connectivity index (χ2v) is 3.20. The van der Waals surface area contributed by atoms with Crippen LogP contribution in [0, 0.1) is 11.3 Å². The van der Waals surface area contributed by atoms with Gasteiger partial charge in [0.2, 0.25) is 0 Å². The molecule has 0 spiro atoms. The van der Waals surface area contributed by atoms with Crippen molar-refractivity contribution in [2.24, 2.45) is 0 Å². The van der Waals surface area contributed by atoms with Gasteiger partial charge in [0.25, 0.3) is 0 Å². The Hall–Kier alpha value is -1.28. The average Bonchev–Trinajstić information content (AvgIpc) is 2.14. The molecule has 14 heavy (non-hydrogen) atoms. The normalized spacial score (nSPS) is 14.4. The van der Waals surface area contributed by atoms with Crippen LogP contribution in [0.25, 0.3) is 0 Å². The fourth-order valence-electron chi connectivity index (χ4n) is 1.02. The first kappa shape index (κ1) is 10.8. The summed E-state index contributed by atoms with van der Waals surface area (Å²) in [5.74, 6) is -0.128. The lowest BCUT2D eigenvalue weighted by molar-refractivity contribution is 0.0527. The van der Waals surface area contributed by atoms with Crippen LogP contribution in [0.3, 0.4) is 0 Å². The van der Waals surface area contributed by atoms with Crippen molar-refractivity contribution in [1.82, 2.24) is 0 Å². The Labute approximate surface area is 85.6 Å². The minimum absolute atomic E-state index is 0.128. The highest BCUT2D eigenvalue weighted by Crippen LogP contribution is 2.25. The number of aliphatic hydroxyl groups excluding tert-OH is 2. The van der Waals surface area contributed by atoms with Crippen LogP contribution >= 0.6 is 11.6 Å². The van der Waals surface area contributed by atoms with E-state index in [4.69, 9.17) is 27.1 Å². The Bertz CT molecular complexity index is 355. The van der Waals surface area contributed by atoms with E-state index >= 15 is 0 Å². The van der Waals surface area contributed by atoms with Gasteiger partial charge in [-0.2, -0.15) is 5.26 Å². The molecule has 0 heterocycles. The molecule has 5 heteroatoms. The molecular weight excluding hydrogens is 206 g/mol. The lowest BCUT2D eigenvalue weighted by atomic mass is 10.1. The van der Waals surface area contributed by atoms with Crippen LogP contribution in [-0.4, -0.2) is 21.4 Å². The monoisotopic (exact) mass is 213 g/mol. The van der Waals surface area contributed by atoms with Gasteiger partial charge in [-0.15, -0.1) is 0 Å². The van der Waals surface area contributed by atoms with E-state index in [1.165, 1.54) is 24.3 Å². The highest BCUT2D eigenvalue weighted by molar-refractivity contribution is 6.30. The van der Waals surface area contributed by atoms with E-state index in [9.17, 15) is 5.11 Å². The lowest BCUT2D eigenvalue weighted by Crippen LogP contribution is -2.15. The van der Waals surface area contributed by atoms with Gasteiger partial charge in [-0.25, -0.2) is 0 Å². The fraction of sp³-hybridized carbons (Fsp3) is 0.222. The zero-order chi connectivity index (χ0) is 10.7. The lowest BCUT2D eigenvalue weighted by Gasteiger charge is -2.12. The SMILES string of the molecule is N#CC(O)C(O)c1cc(O)cc(Cl)c1. The summed E-state index contributed by atoms with van der Waals surface area (Å²) in [5, 5.41) is 36.1. The molecule has 0 aromatic heterocycles. The number of benzene rings is 1. The maximum absolute atomic E-state index is 9.40. The fourth-order valence-corrected chi connectivity index (χ4v) is 1.26. The average molecular weight is 214 g/mol. The second-order valence-electron chi connectivity index (χ2n) is 2.76. The number of nitrogens with zero attached hydrogens (tertiary/aromatic N) is 1. The Kier molecular flexibility index (Phi) is 3.31. The molecule has 4 nitrogen and oxygen atoms in total. The molecule has 0 fully saturated rings. The Morgan fingerprint density at radius 1 is 1.29 bits per heavy atom. The van der Waals surface area contributed by atoms with E-state index in [0.29, 0.717) is 0 Å². The minimum atomic E-state index is -1.53. The first-order chi connectivity index (χ1) is 6.54. The summed E-state index contributed by atoms with van der Waals surface area (Å²) >= 11 is 5.61. The van der Waals surface area contributed by atoms with Gasteiger partial charge in [-0.1, -0.05) is 11.6 Å². The number of nitriles is 1. The molecule has 0 saturated carbocycles. The Morgan fingerprint density at radius 2 is 1.93 bits per heavy atom. The van der Waals surface area contributed by atoms with Crippen molar-refractivity contribution in [2.45, 2.75) is 12.2 Å². The van der Waals surface area contributed by atoms with Crippen molar-refractivity contribution in [2.75, 3.05) is 0 Å². The number of aromatic hydroxyl groups is 1. The van der Waals surface area contributed by atoms with Crippen LogP contribution in [0.1, 0.15) is 11.7 Å². The van der Waals surface area contributed by atoms with Crippen LogP contribution in [-0.2, 0) is 0 Å². The van der Waals surface area contributed by atoms with E-state index in [2.05, 4.69) is 0 Å². The molecule has 0 amide bonds. The number of rotatable bonds is 2. The number of phenolic OH excluding ortho intramolecular Hbond substituents is 1. The maximum atomic E-state index is 9.40. The molecule has 2 unspecified atom stereocenters. The zero-order valence-corrected chi connectivity index (χ0v) is 7.81. The molecule has 2 atom stereocenters. The molecule has 0 aliphatic heterocycles. The van der Waals surface area contributed by atoms with Crippen molar-refractivity contribution in [3.63, 3.8) is 0 Å². The van der Waals surface area contributed by atoms with Crippen molar-refractivity contribution in [1.29, 1.82) is 5.26 Å². The summed E-state index contributed by atoms with van der Waals surface area (Å²) in [7, 11) is 0. The van der Waals surface area contributed by atoms with Crippen LogP contribution in [0.5, 0.6) is 5.75 Å². The van der Waals surface area contributed by atoms with Crippen molar-refractivity contribution < 1.29 is 15.3 Å². The van der Waals surface area contributed by atoms with Crippen LogP contribution in [0.4, 0.5) is 0 Å². The van der Waals surface area contributed by atoms with Gasteiger partial charge in [0.15, 0.2) is 6.10 Å². The van der Waals surface area contributed by atoms with Gasteiger partial charge in [-0.05, 0) is 23.8 Å². The molecule has 0 saturated heterocycles. The third kappa shape index (κ3) is 2.36. The second kappa shape index (κ2) is 4.29. The first-order valence-electron chi connectivity index (χ1n) is 3.80. The summed E-state index contributed by atoms with van der Waals surface area (Å²) < 4.78 is 0. The molecular formula is C9H8ClNO3. The van der Waals surface area contributed by atoms with Crippen LogP contribution in [0.15, 0.2) is 18.2 Å². The van der Waals surface area contributed by atoms with E-state index < -0.39 is 12.2 Å². The first-order valence-corrected chi connectivity index (χ1v) is 4.17. The molecule has 1 rings (SSSR count). The highest BCUT2D eigenvalue weighted by Gasteiger charge is 2.18. The molecule has 0 aliphatic carbocycles. The summed E-state index contributed by atoms with van der Waals surface area (Å²) in [4.78, 5) is 0. The zero-order valence-electron chi connectivity index (χ0n) is 7.05. The van der Waals surface area contributed by atoms with Crippen molar-refractivity contribution >= 4 is 11.6 Å². The summed E-state index contributed by atoms with van der Waals surface area (Å²) in [6.07, 6.45) is -2.91. The summed E-state index contributed by atoms with van der Waals surface area (Å²) in [6, 6.07) is 5.37. The summed E-state index contributed by atoms with van der Waals surface area (Å²) in [5.41, 5.74) is 0.198. The molecule has 0 bridgehead atoms. The van der Waals surface area contributed by atoms with Gasteiger partial charge in [0, 0.05) is 5.02 Å². The number of hydrogen-bond acceptors (Lipinski definition) is 4. The molecule has 3 N–H and O–H groups in total. The number of aliphatic hydroxyl groups is 2. The maximum Gasteiger partial charge on any atom is 0.170 e. The van der Waals surface area contributed by atoms with E-state index in [1.807, 2.05) is 0 Å². The quantitative estimate of drug-likeness (QED) is 0.639. The molecule has 0 aliphatic rings. The topological polar surface area (TPSA) is 84.5 Å². The Morgan fingerprint density at radius 3 is 2.43 bits per heavy atom. The third-order valence-corrected chi connectivity index (χ3v) is 1.90. The summed E-state index contributed by atoms with van der Waals surface area (Å²) in [6.45, 7) is 0. The number of hydrogen-bond donors (Lipinski definition) is 3. The highest BCUT2D eigenvalue weighted by atomic mass is 35.5. The smallest absolute Gasteiger partial charge is 0.170 e. The van der Waals surface area contributed by atoms with Gasteiger partial charge in [-0.3, -0.25) is 0 Å². The van der Waals surface area contributed by atoms with Crippen molar-refractivity contribution in [3.05, 3.63) is 28.8 Å². The van der Waals surface area contributed by atoms with E-state index in [0.717, 1.165) is 0 Å².